The van der Waals surface area contributed by atoms with Crippen molar-refractivity contribution in [2.24, 2.45) is 0 Å². The Bertz CT molecular complexity index is 705. The molecule has 20 heavy (non-hydrogen) atoms. The lowest BCUT2D eigenvalue weighted by Gasteiger charge is -2.03. The normalized spacial score (nSPS) is 9.95. The van der Waals surface area contributed by atoms with Gasteiger partial charge in [0, 0.05) is 6.07 Å². The average Bonchev–Trinajstić information content (AvgIpc) is 2.87. The summed E-state index contributed by atoms with van der Waals surface area (Å²) in [5.74, 6) is 0. The van der Waals surface area contributed by atoms with E-state index in [2.05, 4.69) is 22.1 Å². The molecule has 2 aromatic rings. The van der Waals surface area contributed by atoms with Crippen LogP contribution in [0.15, 0.2) is 40.9 Å². The summed E-state index contributed by atoms with van der Waals surface area (Å²) in [6, 6.07) is 6.11. The maximum Gasteiger partial charge on any atom is 0.284 e. The van der Waals surface area contributed by atoms with E-state index in [0.717, 1.165) is 11.8 Å². The van der Waals surface area contributed by atoms with E-state index < -0.39 is 4.92 Å². The van der Waals surface area contributed by atoms with Crippen molar-refractivity contribution < 1.29 is 4.92 Å². The summed E-state index contributed by atoms with van der Waals surface area (Å²) in [4.78, 5) is 10.9. The zero-order valence-corrected chi connectivity index (χ0v) is 10.9. The predicted octanol–water partition coefficient (Wildman–Crippen LogP) is 1.79. The molecule has 0 radical (unpaired) electrons. The molecule has 0 unspecified atom stereocenters. The first kappa shape index (κ1) is 13.7. The molecule has 0 bridgehead atoms. The second kappa shape index (κ2) is 5.94. The molecule has 0 amide bonds. The Morgan fingerprint density at radius 3 is 3.05 bits per heavy atom. The summed E-state index contributed by atoms with van der Waals surface area (Å²) >= 11 is 1.06. The van der Waals surface area contributed by atoms with Crippen molar-refractivity contribution in [1.82, 2.24) is 20.2 Å². The predicted molar refractivity (Wildman–Crippen MR) is 69.9 cm³/mol. The van der Waals surface area contributed by atoms with Crippen LogP contribution in [0.3, 0.4) is 0 Å². The first-order valence-electron chi connectivity index (χ1n) is 5.39. The van der Waals surface area contributed by atoms with Gasteiger partial charge in [-0.05, 0) is 34.3 Å². The first-order valence-corrected chi connectivity index (χ1v) is 6.21. The van der Waals surface area contributed by atoms with Gasteiger partial charge in [0.1, 0.15) is 0 Å². The topological polar surface area (TPSA) is 111 Å². The third kappa shape index (κ3) is 2.81. The largest absolute Gasteiger partial charge is 0.284 e. The molecule has 0 saturated carbocycles. The molecule has 0 aliphatic rings. The highest BCUT2D eigenvalue weighted by atomic mass is 32.2. The highest BCUT2D eigenvalue weighted by Gasteiger charge is 2.18. The van der Waals surface area contributed by atoms with E-state index in [0.29, 0.717) is 16.6 Å². The van der Waals surface area contributed by atoms with Crippen LogP contribution in [0.1, 0.15) is 5.56 Å². The van der Waals surface area contributed by atoms with E-state index in [1.165, 1.54) is 22.9 Å². The fourth-order valence-electron chi connectivity index (χ4n) is 1.42. The summed E-state index contributed by atoms with van der Waals surface area (Å²) in [6.45, 7) is 3.98. The number of nitrogens with zero attached hydrogens (tertiary/aromatic N) is 6. The summed E-state index contributed by atoms with van der Waals surface area (Å²) in [7, 11) is 0. The fourth-order valence-corrected chi connectivity index (χ4v) is 2.29. The van der Waals surface area contributed by atoms with Gasteiger partial charge in [-0.2, -0.15) is 5.26 Å². The molecule has 0 fully saturated rings. The lowest BCUT2D eigenvalue weighted by Crippen LogP contribution is -2.00. The molecule has 9 heteroatoms. The number of benzene rings is 1. The fraction of sp³-hybridized carbons (Fsp3) is 0.0909. The summed E-state index contributed by atoms with van der Waals surface area (Å²) in [5.41, 5.74) is 0.0777. The van der Waals surface area contributed by atoms with Gasteiger partial charge in [0.25, 0.3) is 5.69 Å². The lowest BCUT2D eigenvalue weighted by molar-refractivity contribution is -0.387. The van der Waals surface area contributed by atoms with Crippen LogP contribution in [0, 0.1) is 21.4 Å². The number of rotatable bonds is 5. The second-order valence-corrected chi connectivity index (χ2v) is 4.59. The highest BCUT2D eigenvalue weighted by molar-refractivity contribution is 7.99. The molecular weight excluding hydrogens is 280 g/mol. The minimum Gasteiger partial charge on any atom is -0.258 e. The molecule has 0 N–H and O–H groups in total. The summed E-state index contributed by atoms with van der Waals surface area (Å²) < 4.78 is 1.47. The van der Waals surface area contributed by atoms with Crippen molar-refractivity contribution in [2.75, 3.05) is 0 Å². The molecule has 0 atom stereocenters. The maximum absolute atomic E-state index is 11.0. The summed E-state index contributed by atoms with van der Waals surface area (Å²) in [5, 5.41) is 31.3. The molecule has 1 heterocycles. The van der Waals surface area contributed by atoms with E-state index in [1.54, 1.807) is 6.08 Å². The van der Waals surface area contributed by atoms with Crippen LogP contribution in [0.2, 0.25) is 0 Å². The molecule has 1 aromatic heterocycles. The maximum atomic E-state index is 11.0. The Balaban J connectivity index is 2.38. The van der Waals surface area contributed by atoms with E-state index in [4.69, 9.17) is 5.26 Å². The van der Waals surface area contributed by atoms with E-state index in [9.17, 15) is 10.1 Å². The smallest absolute Gasteiger partial charge is 0.258 e. The van der Waals surface area contributed by atoms with Crippen LogP contribution in [-0.2, 0) is 6.54 Å². The van der Waals surface area contributed by atoms with E-state index in [1.807, 2.05) is 6.07 Å². The zero-order chi connectivity index (χ0) is 14.5. The third-order valence-electron chi connectivity index (χ3n) is 2.29. The number of hydrogen-bond acceptors (Lipinski definition) is 7. The molecule has 100 valence electrons. The Kier molecular flexibility index (Phi) is 4.07. The standard InChI is InChI=1S/C11H8N6O2S/c1-2-5-16-11(13-14-15-16)20-10-4-3-8(7-12)6-9(10)17(18)19/h2-4,6H,1,5H2. The van der Waals surface area contributed by atoms with Crippen LogP contribution in [-0.4, -0.2) is 25.1 Å². The quantitative estimate of drug-likeness (QED) is 0.468. The van der Waals surface area contributed by atoms with Crippen molar-refractivity contribution in [3.05, 3.63) is 46.5 Å². The molecule has 2 rings (SSSR count). The van der Waals surface area contributed by atoms with Crippen molar-refractivity contribution in [2.45, 2.75) is 16.6 Å². The monoisotopic (exact) mass is 288 g/mol. The molecule has 0 aliphatic carbocycles. The van der Waals surface area contributed by atoms with E-state index in [-0.39, 0.29) is 11.3 Å². The van der Waals surface area contributed by atoms with Crippen LogP contribution in [0.25, 0.3) is 0 Å². The molecule has 0 spiro atoms. The van der Waals surface area contributed by atoms with Crippen molar-refractivity contribution in [1.29, 1.82) is 5.26 Å². The minimum absolute atomic E-state index is 0.151. The van der Waals surface area contributed by atoms with Crippen LogP contribution in [0.4, 0.5) is 5.69 Å². The van der Waals surface area contributed by atoms with Gasteiger partial charge in [-0.15, -0.1) is 11.7 Å². The van der Waals surface area contributed by atoms with Gasteiger partial charge in [0.15, 0.2) is 0 Å². The van der Waals surface area contributed by atoms with Gasteiger partial charge in [-0.1, -0.05) is 6.08 Å². The van der Waals surface area contributed by atoms with Gasteiger partial charge in [0.2, 0.25) is 5.16 Å². The number of hydrogen-bond donors (Lipinski definition) is 0. The number of allylic oxidation sites excluding steroid dienone is 1. The molecule has 0 aliphatic heterocycles. The Morgan fingerprint density at radius 1 is 1.60 bits per heavy atom. The first-order chi connectivity index (χ1) is 9.65. The number of nitriles is 1. The van der Waals surface area contributed by atoms with Crippen LogP contribution in [0.5, 0.6) is 0 Å². The third-order valence-corrected chi connectivity index (χ3v) is 3.33. The Labute approximate surface area is 117 Å². The molecule has 1 aromatic carbocycles. The van der Waals surface area contributed by atoms with Gasteiger partial charge in [-0.3, -0.25) is 10.1 Å². The number of tetrazole rings is 1. The van der Waals surface area contributed by atoms with Crippen molar-refractivity contribution in [3.63, 3.8) is 0 Å². The average molecular weight is 288 g/mol. The van der Waals surface area contributed by atoms with Gasteiger partial charge in [-0.25, -0.2) is 4.68 Å². The van der Waals surface area contributed by atoms with Crippen LogP contribution < -0.4 is 0 Å². The second-order valence-electron chi connectivity index (χ2n) is 3.59. The number of nitro groups is 1. The summed E-state index contributed by atoms with van der Waals surface area (Å²) in [6.07, 6.45) is 1.62. The minimum atomic E-state index is -0.537. The number of nitro benzene ring substituents is 1. The Morgan fingerprint density at radius 2 is 2.40 bits per heavy atom. The van der Waals surface area contributed by atoms with Gasteiger partial charge in [0.05, 0.1) is 28.0 Å². The lowest BCUT2D eigenvalue weighted by atomic mass is 10.2. The van der Waals surface area contributed by atoms with Gasteiger partial charge >= 0.3 is 0 Å². The van der Waals surface area contributed by atoms with Crippen molar-refractivity contribution >= 4 is 17.4 Å². The van der Waals surface area contributed by atoms with Crippen LogP contribution >= 0.6 is 11.8 Å². The molecule has 0 saturated heterocycles. The van der Waals surface area contributed by atoms with Crippen molar-refractivity contribution in [3.8, 4) is 6.07 Å². The SMILES string of the molecule is C=CCn1nnnc1Sc1ccc(C#N)cc1[N+](=O)[O-]. The van der Waals surface area contributed by atoms with E-state index >= 15 is 0 Å². The molecular formula is C11H8N6O2S. The zero-order valence-electron chi connectivity index (χ0n) is 10.1. The Hall–Kier alpha value is -2.73. The molecule has 8 nitrogen and oxygen atoms in total. The highest BCUT2D eigenvalue weighted by Crippen LogP contribution is 2.33. The van der Waals surface area contributed by atoms with Gasteiger partial charge < -0.3 is 0 Å². The number of aromatic nitrogens is 4.